The van der Waals surface area contributed by atoms with E-state index in [0.29, 0.717) is 13.1 Å². The summed E-state index contributed by atoms with van der Waals surface area (Å²) in [5.74, 6) is -0.446. The van der Waals surface area contributed by atoms with Crippen molar-refractivity contribution in [2.75, 3.05) is 20.2 Å². The maximum absolute atomic E-state index is 12.0. The highest BCUT2D eigenvalue weighted by atomic mass is 16.5. The standard InChI is InChI=1S/C16H21N3O3/c1-22-14-8-6-13(7-9-14)12-17-18-15(20)16(21)19-10-4-2-3-5-11-19/h6-9,12H,2-5,10-11H2,1H3,(H,18,20)/b17-12+. The third-order valence-corrected chi connectivity index (χ3v) is 3.58. The predicted octanol–water partition coefficient (Wildman–Crippen LogP) is 1.55. The van der Waals surface area contributed by atoms with E-state index in [2.05, 4.69) is 10.5 Å². The van der Waals surface area contributed by atoms with Crippen molar-refractivity contribution in [1.29, 1.82) is 0 Å². The number of hydrazone groups is 1. The Hall–Kier alpha value is -2.37. The van der Waals surface area contributed by atoms with Crippen LogP contribution in [0.4, 0.5) is 0 Å². The summed E-state index contributed by atoms with van der Waals surface area (Å²) in [5, 5.41) is 3.82. The molecule has 1 aliphatic heterocycles. The first kappa shape index (κ1) is 16.0. The van der Waals surface area contributed by atoms with Crippen LogP contribution in [0.1, 0.15) is 31.2 Å². The van der Waals surface area contributed by atoms with Gasteiger partial charge in [-0.2, -0.15) is 5.10 Å². The maximum Gasteiger partial charge on any atom is 0.329 e. The lowest BCUT2D eigenvalue weighted by Crippen LogP contribution is -2.41. The minimum atomic E-state index is -0.688. The first-order valence-electron chi connectivity index (χ1n) is 7.47. The summed E-state index contributed by atoms with van der Waals surface area (Å²) >= 11 is 0. The quantitative estimate of drug-likeness (QED) is 0.523. The van der Waals surface area contributed by atoms with Gasteiger partial charge < -0.3 is 9.64 Å². The Bertz CT molecular complexity index is 532. The molecule has 0 radical (unpaired) electrons. The van der Waals surface area contributed by atoms with Gasteiger partial charge in [-0.3, -0.25) is 9.59 Å². The molecule has 2 rings (SSSR count). The van der Waals surface area contributed by atoms with Crippen LogP contribution >= 0.6 is 0 Å². The topological polar surface area (TPSA) is 71.0 Å². The van der Waals surface area contributed by atoms with E-state index >= 15 is 0 Å². The van der Waals surface area contributed by atoms with E-state index in [1.807, 2.05) is 12.1 Å². The molecule has 6 heteroatoms. The van der Waals surface area contributed by atoms with E-state index in [1.54, 1.807) is 24.1 Å². The minimum Gasteiger partial charge on any atom is -0.497 e. The van der Waals surface area contributed by atoms with Crippen LogP contribution in [0.15, 0.2) is 29.4 Å². The molecular weight excluding hydrogens is 282 g/mol. The van der Waals surface area contributed by atoms with Crippen molar-refractivity contribution < 1.29 is 14.3 Å². The van der Waals surface area contributed by atoms with Crippen molar-refractivity contribution in [3.63, 3.8) is 0 Å². The highest BCUT2D eigenvalue weighted by Crippen LogP contribution is 2.10. The van der Waals surface area contributed by atoms with Gasteiger partial charge in [0, 0.05) is 13.1 Å². The zero-order valence-electron chi connectivity index (χ0n) is 12.7. The lowest BCUT2D eigenvalue weighted by molar-refractivity contribution is -0.145. The summed E-state index contributed by atoms with van der Waals surface area (Å²) in [6.45, 7) is 1.29. The van der Waals surface area contributed by atoms with Gasteiger partial charge in [-0.15, -0.1) is 0 Å². The summed E-state index contributed by atoms with van der Waals surface area (Å²) in [6.07, 6.45) is 5.62. The number of hydrogen-bond donors (Lipinski definition) is 1. The Morgan fingerprint density at radius 2 is 1.77 bits per heavy atom. The zero-order valence-corrected chi connectivity index (χ0v) is 12.7. The molecule has 1 heterocycles. The molecular formula is C16H21N3O3. The number of nitrogens with zero attached hydrogens (tertiary/aromatic N) is 2. The van der Waals surface area contributed by atoms with E-state index in [0.717, 1.165) is 37.0 Å². The predicted molar refractivity (Wildman–Crippen MR) is 83.8 cm³/mol. The number of carbonyl (C=O) groups excluding carboxylic acids is 2. The van der Waals surface area contributed by atoms with Crippen LogP contribution < -0.4 is 10.2 Å². The van der Waals surface area contributed by atoms with E-state index < -0.39 is 11.8 Å². The molecule has 1 N–H and O–H groups in total. The SMILES string of the molecule is COc1ccc(/C=N/NC(=O)C(=O)N2CCCCCC2)cc1. The highest BCUT2D eigenvalue weighted by molar-refractivity contribution is 6.35. The number of likely N-dealkylation sites (tertiary alicyclic amines) is 1. The van der Waals surface area contributed by atoms with Gasteiger partial charge in [0.1, 0.15) is 5.75 Å². The average molecular weight is 303 g/mol. The first-order valence-corrected chi connectivity index (χ1v) is 7.47. The third-order valence-electron chi connectivity index (χ3n) is 3.58. The molecule has 0 saturated carbocycles. The minimum absolute atomic E-state index is 0.506. The molecule has 1 aromatic carbocycles. The van der Waals surface area contributed by atoms with Crippen LogP contribution in [0.3, 0.4) is 0 Å². The molecule has 1 fully saturated rings. The van der Waals surface area contributed by atoms with Crippen molar-refractivity contribution in [2.24, 2.45) is 5.10 Å². The Morgan fingerprint density at radius 1 is 1.14 bits per heavy atom. The highest BCUT2D eigenvalue weighted by Gasteiger charge is 2.21. The molecule has 0 aromatic heterocycles. The number of methoxy groups -OCH3 is 1. The fourth-order valence-corrected chi connectivity index (χ4v) is 2.32. The summed E-state index contributed by atoms with van der Waals surface area (Å²) < 4.78 is 5.06. The van der Waals surface area contributed by atoms with Gasteiger partial charge in [0.15, 0.2) is 0 Å². The molecule has 1 aliphatic rings. The molecule has 22 heavy (non-hydrogen) atoms. The van der Waals surface area contributed by atoms with E-state index in [-0.39, 0.29) is 0 Å². The van der Waals surface area contributed by atoms with E-state index in [9.17, 15) is 9.59 Å². The number of carbonyl (C=O) groups is 2. The van der Waals surface area contributed by atoms with Crippen molar-refractivity contribution >= 4 is 18.0 Å². The van der Waals surface area contributed by atoms with Gasteiger partial charge in [0.25, 0.3) is 0 Å². The first-order chi connectivity index (χ1) is 10.7. The number of hydrogen-bond acceptors (Lipinski definition) is 4. The molecule has 0 bridgehead atoms. The van der Waals surface area contributed by atoms with Crippen molar-refractivity contribution in [1.82, 2.24) is 10.3 Å². The average Bonchev–Trinajstić information content (AvgIpc) is 2.84. The second-order valence-corrected chi connectivity index (χ2v) is 5.18. The molecule has 1 saturated heterocycles. The van der Waals surface area contributed by atoms with Crippen LogP contribution in [0.5, 0.6) is 5.75 Å². The molecule has 0 spiro atoms. The second kappa shape index (κ2) is 8.17. The second-order valence-electron chi connectivity index (χ2n) is 5.18. The zero-order chi connectivity index (χ0) is 15.8. The fraction of sp³-hybridized carbons (Fsp3) is 0.438. The van der Waals surface area contributed by atoms with Crippen molar-refractivity contribution in [3.05, 3.63) is 29.8 Å². The van der Waals surface area contributed by atoms with Gasteiger partial charge in [-0.1, -0.05) is 12.8 Å². The maximum atomic E-state index is 12.0. The summed E-state index contributed by atoms with van der Waals surface area (Å²) in [5.41, 5.74) is 3.09. The number of rotatable bonds is 3. The fourth-order valence-electron chi connectivity index (χ4n) is 2.32. The molecule has 2 amide bonds. The van der Waals surface area contributed by atoms with Gasteiger partial charge >= 0.3 is 11.8 Å². The van der Waals surface area contributed by atoms with Crippen LogP contribution in [0.25, 0.3) is 0 Å². The van der Waals surface area contributed by atoms with E-state index in [4.69, 9.17) is 4.74 Å². The van der Waals surface area contributed by atoms with Crippen LogP contribution in [0, 0.1) is 0 Å². The van der Waals surface area contributed by atoms with Crippen LogP contribution in [-0.4, -0.2) is 43.1 Å². The molecule has 0 atom stereocenters. The molecule has 6 nitrogen and oxygen atoms in total. The lowest BCUT2D eigenvalue weighted by atomic mass is 10.2. The smallest absolute Gasteiger partial charge is 0.329 e. The molecule has 0 aliphatic carbocycles. The number of benzene rings is 1. The Balaban J connectivity index is 1.85. The van der Waals surface area contributed by atoms with Gasteiger partial charge in [0.05, 0.1) is 13.3 Å². The van der Waals surface area contributed by atoms with Crippen LogP contribution in [0.2, 0.25) is 0 Å². The molecule has 1 aromatic rings. The van der Waals surface area contributed by atoms with E-state index in [1.165, 1.54) is 6.21 Å². The molecule has 0 unspecified atom stereocenters. The van der Waals surface area contributed by atoms with Crippen molar-refractivity contribution in [3.8, 4) is 5.75 Å². The summed E-state index contributed by atoms with van der Waals surface area (Å²) in [7, 11) is 1.60. The van der Waals surface area contributed by atoms with Gasteiger partial charge in [-0.25, -0.2) is 5.43 Å². The Morgan fingerprint density at radius 3 is 2.36 bits per heavy atom. The van der Waals surface area contributed by atoms with Gasteiger partial charge in [0.2, 0.25) is 0 Å². The number of amides is 2. The number of nitrogens with one attached hydrogen (secondary N) is 1. The third kappa shape index (κ3) is 4.58. The van der Waals surface area contributed by atoms with Crippen LogP contribution in [-0.2, 0) is 9.59 Å². The monoisotopic (exact) mass is 303 g/mol. The largest absolute Gasteiger partial charge is 0.497 e. The Labute approximate surface area is 130 Å². The molecule has 118 valence electrons. The van der Waals surface area contributed by atoms with Crippen molar-refractivity contribution in [2.45, 2.75) is 25.7 Å². The van der Waals surface area contributed by atoms with Gasteiger partial charge in [-0.05, 0) is 42.7 Å². The Kier molecular flexibility index (Phi) is 5.94. The summed E-state index contributed by atoms with van der Waals surface area (Å²) in [6, 6.07) is 7.22. The lowest BCUT2D eigenvalue weighted by Gasteiger charge is -2.18. The summed E-state index contributed by atoms with van der Waals surface area (Å²) in [4.78, 5) is 25.4. The normalized spacial score (nSPS) is 15.4. The number of ether oxygens (including phenoxy) is 1.